The molecule has 1 saturated carbocycles. The number of Topliss-reactive ketones (excluding diaryl/α,β-unsaturated/α-hetero) is 1. The molecule has 1 N–H and O–H groups in total. The topological polar surface area (TPSA) is 88.3 Å². The number of aromatic nitrogens is 3. The molecule has 2 heterocycles. The van der Waals surface area contributed by atoms with Crippen LogP contribution in [0.4, 0.5) is 4.39 Å². The van der Waals surface area contributed by atoms with E-state index in [1.807, 2.05) is 6.08 Å². The van der Waals surface area contributed by atoms with Gasteiger partial charge in [-0.3, -0.25) is 14.5 Å². The summed E-state index contributed by atoms with van der Waals surface area (Å²) in [6.07, 6.45) is 6.57. The average molecular weight is 495 g/mol. The third-order valence-electron chi connectivity index (χ3n) is 5.95. The predicted molar refractivity (Wildman–Crippen MR) is 128 cm³/mol. The highest BCUT2D eigenvalue weighted by Gasteiger charge is 2.40. The lowest BCUT2D eigenvalue weighted by atomic mass is 9.93. The van der Waals surface area contributed by atoms with Gasteiger partial charge in [-0.1, -0.05) is 18.2 Å². The number of halogens is 2. The number of rotatable bonds is 9. The zero-order valence-corrected chi connectivity index (χ0v) is 19.8. The lowest BCUT2D eigenvalue weighted by Crippen LogP contribution is -2.42. The third-order valence-corrected chi connectivity index (χ3v) is 6.54. The number of carbonyl (C=O) groups is 2. The summed E-state index contributed by atoms with van der Waals surface area (Å²) in [7, 11) is 0. The molecular formula is C23H28ClFN4O3S. The number of benzene rings is 1. The number of piperidine rings is 1. The van der Waals surface area contributed by atoms with Crippen LogP contribution in [0, 0.1) is 11.7 Å². The number of hydrogen-bond acceptors (Lipinski definition) is 6. The number of ketones is 1. The summed E-state index contributed by atoms with van der Waals surface area (Å²) in [6.45, 7) is 1.58. The minimum Gasteiger partial charge on any atom is -0.481 e. The summed E-state index contributed by atoms with van der Waals surface area (Å²) in [4.78, 5) is 27.4. The molecule has 2 atom stereocenters. The molecule has 0 spiro atoms. The highest BCUT2D eigenvalue weighted by molar-refractivity contribution is 7.81. The molecule has 178 valence electrons. The maximum Gasteiger partial charge on any atom is 0.303 e. The van der Waals surface area contributed by atoms with Gasteiger partial charge in [0.2, 0.25) is 0 Å². The van der Waals surface area contributed by atoms with E-state index >= 15 is 0 Å². The lowest BCUT2D eigenvalue weighted by molar-refractivity contribution is -0.137. The van der Waals surface area contributed by atoms with E-state index in [0.29, 0.717) is 37.3 Å². The molecule has 2 aromatic rings. The second-order valence-corrected chi connectivity index (χ2v) is 9.08. The second-order valence-electron chi connectivity index (χ2n) is 8.46. The Bertz CT molecular complexity index is 1030. The van der Waals surface area contributed by atoms with Gasteiger partial charge in [-0.25, -0.2) is 4.39 Å². The standard InChI is InChI=1S/C23H27FN4O3S.ClH/c24-19-5-2-1-4-18(19)22(23(31)15-7-8-15)27-11-9-20(32)16(14-27)12-17-13-25-28(26-17)10-3-6-21(29)30;/h1-2,4-5,12-13,15,20,22,32H,3,6-11,14H2,(H,29,30);1H/b16-12-;. The molecule has 7 nitrogen and oxygen atoms in total. The van der Waals surface area contributed by atoms with Gasteiger partial charge in [0.25, 0.3) is 0 Å². The van der Waals surface area contributed by atoms with E-state index in [1.54, 1.807) is 24.4 Å². The minimum atomic E-state index is -0.843. The van der Waals surface area contributed by atoms with Crippen molar-refractivity contribution in [1.29, 1.82) is 0 Å². The zero-order chi connectivity index (χ0) is 22.7. The fourth-order valence-electron chi connectivity index (χ4n) is 4.12. The van der Waals surface area contributed by atoms with E-state index in [1.165, 1.54) is 10.9 Å². The maximum atomic E-state index is 14.6. The van der Waals surface area contributed by atoms with E-state index in [-0.39, 0.29) is 41.6 Å². The van der Waals surface area contributed by atoms with E-state index in [4.69, 9.17) is 17.7 Å². The molecule has 0 radical (unpaired) electrons. The summed E-state index contributed by atoms with van der Waals surface area (Å²) in [5, 5.41) is 17.4. The Morgan fingerprint density at radius 2 is 2.03 bits per heavy atom. The number of likely N-dealkylation sites (tertiary alicyclic amines) is 1. The number of aryl methyl sites for hydroxylation is 1. The van der Waals surface area contributed by atoms with E-state index in [0.717, 1.165) is 24.8 Å². The van der Waals surface area contributed by atoms with Gasteiger partial charge in [0.15, 0.2) is 5.78 Å². The van der Waals surface area contributed by atoms with Gasteiger partial charge in [-0.15, -0.1) is 12.4 Å². The molecule has 1 aromatic carbocycles. The third kappa shape index (κ3) is 6.43. The molecule has 1 saturated heterocycles. The zero-order valence-electron chi connectivity index (χ0n) is 18.1. The first kappa shape index (κ1) is 25.4. The van der Waals surface area contributed by atoms with Gasteiger partial charge >= 0.3 is 5.97 Å². The van der Waals surface area contributed by atoms with Crippen molar-refractivity contribution >= 4 is 42.9 Å². The van der Waals surface area contributed by atoms with Crippen molar-refractivity contribution in [2.45, 2.75) is 49.9 Å². The van der Waals surface area contributed by atoms with Crippen LogP contribution in [-0.2, 0) is 16.1 Å². The Kier molecular flexibility index (Phi) is 8.67. The predicted octanol–water partition coefficient (Wildman–Crippen LogP) is 3.81. The van der Waals surface area contributed by atoms with Crippen molar-refractivity contribution in [2.75, 3.05) is 13.1 Å². The summed E-state index contributed by atoms with van der Waals surface area (Å²) < 4.78 is 14.6. The van der Waals surface area contributed by atoms with Crippen LogP contribution in [0.25, 0.3) is 6.08 Å². The van der Waals surface area contributed by atoms with Gasteiger partial charge in [0.05, 0.1) is 18.8 Å². The number of carboxylic acid groups (broad SMARTS) is 1. The minimum absolute atomic E-state index is 0. The van der Waals surface area contributed by atoms with Crippen molar-refractivity contribution in [3.8, 4) is 0 Å². The van der Waals surface area contributed by atoms with Gasteiger partial charge in [-0.05, 0) is 43.4 Å². The van der Waals surface area contributed by atoms with Crippen LogP contribution in [0.15, 0.2) is 36.0 Å². The molecule has 1 aliphatic carbocycles. The van der Waals surface area contributed by atoms with Gasteiger partial charge < -0.3 is 5.11 Å². The van der Waals surface area contributed by atoms with Crippen molar-refractivity contribution in [2.24, 2.45) is 5.92 Å². The van der Waals surface area contributed by atoms with Crippen molar-refractivity contribution in [1.82, 2.24) is 19.9 Å². The van der Waals surface area contributed by atoms with Gasteiger partial charge in [0, 0.05) is 36.2 Å². The molecule has 0 amide bonds. The van der Waals surface area contributed by atoms with Gasteiger partial charge in [-0.2, -0.15) is 27.6 Å². The molecule has 10 heteroatoms. The maximum absolute atomic E-state index is 14.6. The van der Waals surface area contributed by atoms with Crippen LogP contribution in [0.5, 0.6) is 0 Å². The fourth-order valence-corrected chi connectivity index (χ4v) is 4.39. The summed E-state index contributed by atoms with van der Waals surface area (Å²) in [5.41, 5.74) is 2.10. The first-order chi connectivity index (χ1) is 15.4. The molecule has 1 aromatic heterocycles. The molecular weight excluding hydrogens is 467 g/mol. The van der Waals surface area contributed by atoms with Crippen LogP contribution in [0.1, 0.15) is 49.4 Å². The summed E-state index contributed by atoms with van der Waals surface area (Å²) >= 11 is 4.72. The SMILES string of the molecule is Cl.O=C(O)CCCn1ncc(/C=C2/CN(C(C(=O)C3CC3)c3ccccc3F)CCC2S)n1. The Hall–Kier alpha value is -2.23. The Labute approximate surface area is 203 Å². The van der Waals surface area contributed by atoms with Crippen LogP contribution < -0.4 is 0 Å². The number of hydrogen-bond donors (Lipinski definition) is 2. The normalized spacial score (nSPS) is 20.9. The number of carbonyl (C=O) groups excluding carboxylic acids is 1. The van der Waals surface area contributed by atoms with Crippen LogP contribution in [0.2, 0.25) is 0 Å². The largest absolute Gasteiger partial charge is 0.481 e. The van der Waals surface area contributed by atoms with E-state index < -0.39 is 12.0 Å². The summed E-state index contributed by atoms with van der Waals surface area (Å²) in [5.74, 6) is -1.08. The number of thiol groups is 1. The van der Waals surface area contributed by atoms with E-state index in [2.05, 4.69) is 15.1 Å². The lowest BCUT2D eigenvalue weighted by Gasteiger charge is -2.37. The molecule has 4 rings (SSSR count). The molecule has 2 unspecified atom stereocenters. The fraction of sp³-hybridized carbons (Fsp3) is 0.478. The van der Waals surface area contributed by atoms with Crippen LogP contribution in [-0.4, -0.2) is 55.1 Å². The number of aliphatic carboxylic acids is 1. The Morgan fingerprint density at radius 3 is 2.73 bits per heavy atom. The Morgan fingerprint density at radius 1 is 1.27 bits per heavy atom. The highest BCUT2D eigenvalue weighted by atomic mass is 35.5. The van der Waals surface area contributed by atoms with Crippen molar-refractivity contribution in [3.05, 3.63) is 53.1 Å². The molecule has 1 aliphatic heterocycles. The second kappa shape index (κ2) is 11.3. The van der Waals surface area contributed by atoms with Crippen LogP contribution in [0.3, 0.4) is 0 Å². The average Bonchev–Trinajstić information content (AvgIpc) is 3.52. The van der Waals surface area contributed by atoms with Crippen molar-refractivity contribution < 1.29 is 19.1 Å². The Balaban J connectivity index is 0.00000306. The monoisotopic (exact) mass is 494 g/mol. The smallest absolute Gasteiger partial charge is 0.303 e. The van der Waals surface area contributed by atoms with Crippen LogP contribution >= 0.6 is 25.0 Å². The molecule has 0 bridgehead atoms. The van der Waals surface area contributed by atoms with Crippen molar-refractivity contribution in [3.63, 3.8) is 0 Å². The van der Waals surface area contributed by atoms with E-state index in [9.17, 15) is 14.0 Å². The highest BCUT2D eigenvalue weighted by Crippen LogP contribution is 2.39. The quantitative estimate of drug-likeness (QED) is 0.515. The number of nitrogens with zero attached hydrogens (tertiary/aromatic N) is 4. The molecule has 2 fully saturated rings. The molecule has 2 aliphatic rings. The van der Waals surface area contributed by atoms with Gasteiger partial charge in [0.1, 0.15) is 11.5 Å². The first-order valence-corrected chi connectivity index (χ1v) is 11.5. The summed E-state index contributed by atoms with van der Waals surface area (Å²) in [6, 6.07) is 5.94. The first-order valence-electron chi connectivity index (χ1n) is 10.9. The number of carboxylic acids is 1. The molecule has 33 heavy (non-hydrogen) atoms.